The SMILES string of the molecule is Nc1cc(=O)[nH]c(SCC(=O)Nc2nnc(SCc3ccccc3)s2)n1. The molecule has 0 aliphatic heterocycles. The van der Waals surface area contributed by atoms with Gasteiger partial charge in [0.2, 0.25) is 11.0 Å². The number of carbonyl (C=O) groups excluding carboxylic acids is 1. The lowest BCUT2D eigenvalue weighted by atomic mass is 10.2. The van der Waals surface area contributed by atoms with Gasteiger partial charge in [-0.15, -0.1) is 10.2 Å². The van der Waals surface area contributed by atoms with Gasteiger partial charge in [-0.05, 0) is 5.56 Å². The van der Waals surface area contributed by atoms with Crippen molar-refractivity contribution in [1.29, 1.82) is 0 Å². The van der Waals surface area contributed by atoms with Crippen molar-refractivity contribution in [2.75, 3.05) is 16.8 Å². The van der Waals surface area contributed by atoms with Crippen molar-refractivity contribution in [2.45, 2.75) is 15.2 Å². The molecule has 0 aliphatic rings. The first-order valence-corrected chi connectivity index (χ1v) is 10.2. The largest absolute Gasteiger partial charge is 0.383 e. The second-order valence-corrected chi connectivity index (χ2v) is 8.12. The smallest absolute Gasteiger partial charge is 0.253 e. The van der Waals surface area contributed by atoms with Gasteiger partial charge in [0.15, 0.2) is 9.50 Å². The lowest BCUT2D eigenvalue weighted by molar-refractivity contribution is -0.113. The second kappa shape index (κ2) is 8.83. The van der Waals surface area contributed by atoms with Crippen LogP contribution in [-0.4, -0.2) is 31.8 Å². The minimum atomic E-state index is -0.357. The number of amides is 1. The average molecular weight is 407 g/mol. The van der Waals surface area contributed by atoms with E-state index >= 15 is 0 Å². The first kappa shape index (κ1) is 18.4. The molecule has 0 radical (unpaired) electrons. The van der Waals surface area contributed by atoms with Crippen molar-refractivity contribution in [3.05, 3.63) is 52.3 Å². The Morgan fingerprint density at radius 2 is 2.04 bits per heavy atom. The van der Waals surface area contributed by atoms with Gasteiger partial charge in [0.1, 0.15) is 5.82 Å². The maximum Gasteiger partial charge on any atom is 0.253 e. The molecule has 2 aromatic heterocycles. The van der Waals surface area contributed by atoms with Crippen LogP contribution in [0.15, 0.2) is 50.7 Å². The van der Waals surface area contributed by atoms with Crippen LogP contribution in [0.5, 0.6) is 0 Å². The van der Waals surface area contributed by atoms with Crippen LogP contribution in [0.1, 0.15) is 5.56 Å². The first-order valence-electron chi connectivity index (χ1n) is 7.38. The molecule has 0 spiro atoms. The Hall–Kier alpha value is -2.37. The first-order chi connectivity index (χ1) is 12.6. The maximum atomic E-state index is 12.0. The summed E-state index contributed by atoms with van der Waals surface area (Å²) in [5.41, 5.74) is 6.33. The summed E-state index contributed by atoms with van der Waals surface area (Å²) in [6.45, 7) is 0. The highest BCUT2D eigenvalue weighted by atomic mass is 32.2. The van der Waals surface area contributed by atoms with E-state index in [4.69, 9.17) is 5.73 Å². The summed E-state index contributed by atoms with van der Waals surface area (Å²) >= 11 is 3.96. The van der Waals surface area contributed by atoms with Gasteiger partial charge in [0.05, 0.1) is 5.75 Å². The van der Waals surface area contributed by atoms with Gasteiger partial charge >= 0.3 is 0 Å². The Bertz CT molecular complexity index is 944. The van der Waals surface area contributed by atoms with E-state index in [-0.39, 0.29) is 23.0 Å². The number of aromatic amines is 1. The van der Waals surface area contributed by atoms with Crippen LogP contribution in [0.4, 0.5) is 10.9 Å². The van der Waals surface area contributed by atoms with E-state index in [1.165, 1.54) is 23.0 Å². The number of nitrogens with two attached hydrogens (primary N) is 1. The van der Waals surface area contributed by atoms with E-state index in [1.54, 1.807) is 11.8 Å². The van der Waals surface area contributed by atoms with E-state index in [9.17, 15) is 9.59 Å². The number of anilines is 2. The highest BCUT2D eigenvalue weighted by Crippen LogP contribution is 2.28. The number of rotatable bonds is 7. The molecule has 0 saturated carbocycles. The summed E-state index contributed by atoms with van der Waals surface area (Å²) < 4.78 is 0.777. The van der Waals surface area contributed by atoms with Crippen molar-refractivity contribution in [3.8, 4) is 0 Å². The van der Waals surface area contributed by atoms with E-state index in [0.717, 1.165) is 21.9 Å². The molecule has 11 heteroatoms. The molecule has 4 N–H and O–H groups in total. The van der Waals surface area contributed by atoms with Crippen molar-refractivity contribution < 1.29 is 4.79 Å². The van der Waals surface area contributed by atoms with Crippen LogP contribution in [-0.2, 0) is 10.5 Å². The van der Waals surface area contributed by atoms with Gasteiger partial charge in [-0.2, -0.15) is 0 Å². The van der Waals surface area contributed by atoms with Crippen LogP contribution >= 0.6 is 34.9 Å². The quantitative estimate of drug-likeness (QED) is 0.310. The number of hydrogen-bond acceptors (Lipinski definition) is 9. The molecule has 2 heterocycles. The molecule has 0 unspecified atom stereocenters. The monoisotopic (exact) mass is 406 g/mol. The molecular formula is C15H14N6O2S3. The van der Waals surface area contributed by atoms with Crippen molar-refractivity contribution >= 4 is 51.7 Å². The van der Waals surface area contributed by atoms with Gasteiger partial charge in [0, 0.05) is 11.8 Å². The van der Waals surface area contributed by atoms with Crippen LogP contribution in [0, 0.1) is 0 Å². The zero-order valence-corrected chi connectivity index (χ0v) is 15.8. The number of aromatic nitrogens is 4. The van der Waals surface area contributed by atoms with Gasteiger partial charge < -0.3 is 10.7 Å². The molecule has 0 saturated heterocycles. The lowest BCUT2D eigenvalue weighted by Crippen LogP contribution is -2.15. The Morgan fingerprint density at radius 3 is 2.81 bits per heavy atom. The molecule has 0 aliphatic carbocycles. The fraction of sp³-hybridized carbons (Fsp3) is 0.133. The molecule has 3 rings (SSSR count). The summed E-state index contributed by atoms with van der Waals surface area (Å²) in [6, 6.07) is 11.2. The number of nitrogens with one attached hydrogen (secondary N) is 2. The minimum Gasteiger partial charge on any atom is -0.383 e. The Morgan fingerprint density at radius 1 is 1.23 bits per heavy atom. The summed E-state index contributed by atoms with van der Waals surface area (Å²) in [4.78, 5) is 29.8. The fourth-order valence-corrected chi connectivity index (χ4v) is 4.26. The van der Waals surface area contributed by atoms with E-state index < -0.39 is 0 Å². The molecule has 3 aromatic rings. The molecular weight excluding hydrogens is 392 g/mol. The normalized spacial score (nSPS) is 10.6. The minimum absolute atomic E-state index is 0.0679. The van der Waals surface area contributed by atoms with Crippen LogP contribution in [0.25, 0.3) is 0 Å². The number of thioether (sulfide) groups is 2. The molecule has 0 atom stereocenters. The molecule has 0 bridgehead atoms. The molecule has 1 amide bonds. The Labute approximate surface area is 161 Å². The van der Waals surface area contributed by atoms with Gasteiger partial charge in [-0.1, -0.05) is 65.2 Å². The zero-order chi connectivity index (χ0) is 18.4. The summed E-state index contributed by atoms with van der Waals surface area (Å²) in [5, 5.41) is 11.4. The van der Waals surface area contributed by atoms with Gasteiger partial charge in [-0.25, -0.2) is 4.98 Å². The highest BCUT2D eigenvalue weighted by molar-refractivity contribution is 8.00. The molecule has 134 valence electrons. The van der Waals surface area contributed by atoms with E-state index in [1.807, 2.05) is 30.3 Å². The Balaban J connectivity index is 1.48. The summed E-state index contributed by atoms with van der Waals surface area (Å²) in [6.07, 6.45) is 0. The highest BCUT2D eigenvalue weighted by Gasteiger charge is 2.10. The third kappa shape index (κ3) is 5.58. The van der Waals surface area contributed by atoms with Crippen molar-refractivity contribution in [1.82, 2.24) is 20.2 Å². The predicted molar refractivity (Wildman–Crippen MR) is 105 cm³/mol. The van der Waals surface area contributed by atoms with Crippen LogP contribution in [0.2, 0.25) is 0 Å². The number of nitrogen functional groups attached to an aromatic ring is 1. The predicted octanol–water partition coefficient (Wildman–Crippen LogP) is 2.23. The number of hydrogen-bond donors (Lipinski definition) is 3. The number of carbonyl (C=O) groups is 1. The number of H-pyrrole nitrogens is 1. The number of benzene rings is 1. The number of nitrogens with zero attached hydrogens (tertiary/aromatic N) is 3. The maximum absolute atomic E-state index is 12.0. The van der Waals surface area contributed by atoms with Crippen molar-refractivity contribution in [2.24, 2.45) is 0 Å². The van der Waals surface area contributed by atoms with Crippen LogP contribution in [0.3, 0.4) is 0 Å². The summed E-state index contributed by atoms with van der Waals surface area (Å²) in [5.74, 6) is 0.698. The molecule has 0 fully saturated rings. The Kier molecular flexibility index (Phi) is 6.26. The van der Waals surface area contributed by atoms with Crippen molar-refractivity contribution in [3.63, 3.8) is 0 Å². The third-order valence-electron chi connectivity index (χ3n) is 2.94. The summed E-state index contributed by atoms with van der Waals surface area (Å²) in [7, 11) is 0. The third-order valence-corrected chi connectivity index (χ3v) is 5.85. The molecule has 1 aromatic carbocycles. The topological polar surface area (TPSA) is 127 Å². The molecule has 8 nitrogen and oxygen atoms in total. The lowest BCUT2D eigenvalue weighted by Gasteiger charge is -2.01. The van der Waals surface area contributed by atoms with Crippen LogP contribution < -0.4 is 16.6 Å². The second-order valence-electron chi connectivity index (χ2n) is 4.96. The van der Waals surface area contributed by atoms with Gasteiger partial charge in [-0.3, -0.25) is 14.9 Å². The average Bonchev–Trinajstić information content (AvgIpc) is 3.06. The zero-order valence-electron chi connectivity index (χ0n) is 13.3. The van der Waals surface area contributed by atoms with E-state index in [0.29, 0.717) is 10.3 Å². The standard InChI is InChI=1S/C15H14N6O2S3/c16-10-6-11(22)18-13(17-10)24-8-12(23)19-14-20-21-15(26-14)25-7-9-4-2-1-3-5-9/h1-6H,7-8H2,(H,19,20,23)(H3,16,17,18,22). The molecule has 26 heavy (non-hydrogen) atoms. The van der Waals surface area contributed by atoms with Gasteiger partial charge in [0.25, 0.3) is 5.56 Å². The fourth-order valence-electron chi connectivity index (χ4n) is 1.85. The van der Waals surface area contributed by atoms with E-state index in [2.05, 4.69) is 25.5 Å².